The van der Waals surface area contributed by atoms with Crippen LogP contribution in [0, 0.1) is 6.92 Å². The van der Waals surface area contributed by atoms with Crippen LogP contribution >= 0.6 is 23.7 Å². The predicted octanol–water partition coefficient (Wildman–Crippen LogP) is 3.29. The number of hydrogen-bond acceptors (Lipinski definition) is 4. The smallest absolute Gasteiger partial charge is 0.261 e. The minimum absolute atomic E-state index is 0. The van der Waals surface area contributed by atoms with Crippen molar-refractivity contribution in [1.82, 2.24) is 10.6 Å². The topological polar surface area (TPSA) is 50.4 Å². The number of carbonyl (C=O) groups excluding carboxylic acids is 1. The van der Waals surface area contributed by atoms with Crippen LogP contribution in [0.2, 0.25) is 0 Å². The molecular formula is C17H21ClN2O2S. The lowest BCUT2D eigenvalue weighted by Crippen LogP contribution is -2.29. The fraction of sp³-hybridized carbons (Fsp3) is 0.353. The van der Waals surface area contributed by atoms with Gasteiger partial charge < -0.3 is 15.4 Å². The number of aryl methyl sites for hydroxylation is 1. The van der Waals surface area contributed by atoms with Crippen LogP contribution in [0.5, 0.6) is 5.75 Å². The first-order valence-electron chi connectivity index (χ1n) is 7.43. The van der Waals surface area contributed by atoms with Crippen LogP contribution in [-0.2, 0) is 0 Å². The molecule has 1 aliphatic heterocycles. The van der Waals surface area contributed by atoms with E-state index in [0.29, 0.717) is 6.54 Å². The van der Waals surface area contributed by atoms with Crippen LogP contribution < -0.4 is 15.4 Å². The summed E-state index contributed by atoms with van der Waals surface area (Å²) in [5.74, 6) is 0.831. The molecule has 3 rings (SSSR count). The molecule has 0 bridgehead atoms. The SMILES string of the molecule is COc1ccc2sc(C(=O)NCC3=CCNCC3)c(C)c2c1.Cl. The lowest BCUT2D eigenvalue weighted by Gasteiger charge is -2.14. The summed E-state index contributed by atoms with van der Waals surface area (Å²) < 4.78 is 6.38. The highest BCUT2D eigenvalue weighted by molar-refractivity contribution is 7.21. The van der Waals surface area contributed by atoms with Crippen LogP contribution in [0.3, 0.4) is 0 Å². The minimum Gasteiger partial charge on any atom is -0.497 e. The zero-order chi connectivity index (χ0) is 15.5. The van der Waals surface area contributed by atoms with E-state index in [1.165, 1.54) is 16.9 Å². The number of hydrogen-bond donors (Lipinski definition) is 2. The Hall–Kier alpha value is -1.56. The van der Waals surface area contributed by atoms with E-state index in [-0.39, 0.29) is 18.3 Å². The summed E-state index contributed by atoms with van der Waals surface area (Å²) in [5.41, 5.74) is 2.32. The molecule has 0 spiro atoms. The van der Waals surface area contributed by atoms with E-state index in [0.717, 1.165) is 45.8 Å². The van der Waals surface area contributed by atoms with Gasteiger partial charge in [0.15, 0.2) is 0 Å². The number of carbonyl (C=O) groups is 1. The van der Waals surface area contributed by atoms with Crippen molar-refractivity contribution >= 4 is 39.7 Å². The monoisotopic (exact) mass is 352 g/mol. The van der Waals surface area contributed by atoms with Crippen molar-refractivity contribution < 1.29 is 9.53 Å². The van der Waals surface area contributed by atoms with Crippen molar-refractivity contribution in [2.45, 2.75) is 13.3 Å². The summed E-state index contributed by atoms with van der Waals surface area (Å²) in [6.07, 6.45) is 3.16. The molecule has 2 heterocycles. The highest BCUT2D eigenvalue weighted by Crippen LogP contribution is 2.33. The Morgan fingerprint density at radius 3 is 2.96 bits per heavy atom. The second-order valence-corrected chi connectivity index (χ2v) is 6.47. The van der Waals surface area contributed by atoms with Crippen LogP contribution in [0.1, 0.15) is 21.7 Å². The third kappa shape index (κ3) is 3.86. The number of amides is 1. The molecule has 2 N–H and O–H groups in total. The van der Waals surface area contributed by atoms with E-state index in [1.807, 2.05) is 25.1 Å². The van der Waals surface area contributed by atoms with Gasteiger partial charge in [0.25, 0.3) is 5.91 Å². The third-order valence-electron chi connectivity index (χ3n) is 3.98. The largest absolute Gasteiger partial charge is 0.497 e. The summed E-state index contributed by atoms with van der Waals surface area (Å²) in [6.45, 7) is 4.52. The molecule has 4 nitrogen and oxygen atoms in total. The van der Waals surface area contributed by atoms with Crippen LogP contribution in [0.25, 0.3) is 10.1 Å². The van der Waals surface area contributed by atoms with Crippen LogP contribution in [0.4, 0.5) is 0 Å². The molecule has 6 heteroatoms. The van der Waals surface area contributed by atoms with Crippen LogP contribution in [-0.4, -0.2) is 32.7 Å². The Bertz CT molecular complexity index is 740. The van der Waals surface area contributed by atoms with E-state index in [2.05, 4.69) is 16.7 Å². The van der Waals surface area contributed by atoms with Crippen molar-refractivity contribution in [2.24, 2.45) is 0 Å². The van der Waals surface area contributed by atoms with Crippen molar-refractivity contribution in [1.29, 1.82) is 0 Å². The number of fused-ring (bicyclic) bond motifs is 1. The summed E-state index contributed by atoms with van der Waals surface area (Å²) in [4.78, 5) is 13.2. The molecule has 1 aromatic heterocycles. The molecule has 1 amide bonds. The van der Waals surface area contributed by atoms with Crippen molar-refractivity contribution in [3.63, 3.8) is 0 Å². The van der Waals surface area contributed by atoms with E-state index < -0.39 is 0 Å². The second-order valence-electron chi connectivity index (χ2n) is 5.42. The average molecular weight is 353 g/mol. The fourth-order valence-electron chi connectivity index (χ4n) is 2.65. The number of thiophene rings is 1. The maximum Gasteiger partial charge on any atom is 0.261 e. The van der Waals surface area contributed by atoms with Crippen molar-refractivity contribution in [3.8, 4) is 5.75 Å². The number of benzene rings is 1. The predicted molar refractivity (Wildman–Crippen MR) is 98.3 cm³/mol. The quantitative estimate of drug-likeness (QED) is 0.830. The van der Waals surface area contributed by atoms with Gasteiger partial charge in [-0.1, -0.05) is 11.6 Å². The lowest BCUT2D eigenvalue weighted by molar-refractivity contribution is 0.0960. The molecule has 0 radical (unpaired) electrons. The Balaban J connectivity index is 0.00000192. The van der Waals surface area contributed by atoms with Gasteiger partial charge in [-0.3, -0.25) is 4.79 Å². The van der Waals surface area contributed by atoms with Gasteiger partial charge in [0, 0.05) is 17.8 Å². The van der Waals surface area contributed by atoms with Gasteiger partial charge in [-0.05, 0) is 49.0 Å². The maximum absolute atomic E-state index is 12.5. The first-order chi connectivity index (χ1) is 10.7. The Morgan fingerprint density at radius 1 is 1.43 bits per heavy atom. The first-order valence-corrected chi connectivity index (χ1v) is 8.24. The molecule has 0 atom stereocenters. The first kappa shape index (κ1) is 17.8. The maximum atomic E-state index is 12.5. The Kier molecular flexibility index (Phi) is 6.04. The highest BCUT2D eigenvalue weighted by atomic mass is 35.5. The molecule has 23 heavy (non-hydrogen) atoms. The number of nitrogens with one attached hydrogen (secondary N) is 2. The number of halogens is 1. The number of methoxy groups -OCH3 is 1. The van der Waals surface area contributed by atoms with Gasteiger partial charge in [0.05, 0.1) is 12.0 Å². The lowest BCUT2D eigenvalue weighted by atomic mass is 10.1. The highest BCUT2D eigenvalue weighted by Gasteiger charge is 2.16. The fourth-order valence-corrected chi connectivity index (χ4v) is 3.75. The third-order valence-corrected chi connectivity index (χ3v) is 5.26. The van der Waals surface area contributed by atoms with Gasteiger partial charge in [-0.15, -0.1) is 23.7 Å². The van der Waals surface area contributed by atoms with Crippen LogP contribution in [0.15, 0.2) is 29.8 Å². The molecule has 0 saturated heterocycles. The molecule has 0 unspecified atom stereocenters. The summed E-state index contributed by atoms with van der Waals surface area (Å²) in [5, 5.41) is 7.41. The van der Waals surface area contributed by atoms with E-state index in [9.17, 15) is 4.79 Å². The zero-order valence-electron chi connectivity index (χ0n) is 13.3. The van der Waals surface area contributed by atoms with Gasteiger partial charge in [-0.2, -0.15) is 0 Å². The molecule has 1 aliphatic rings. The van der Waals surface area contributed by atoms with Gasteiger partial charge in [-0.25, -0.2) is 0 Å². The molecule has 0 saturated carbocycles. The van der Waals surface area contributed by atoms with Gasteiger partial charge in [0.1, 0.15) is 5.75 Å². The van der Waals surface area contributed by atoms with E-state index in [4.69, 9.17) is 4.74 Å². The standard InChI is InChI=1S/C17H20N2O2S.ClH/c1-11-14-9-13(21-2)3-4-15(14)22-16(11)17(20)19-10-12-5-7-18-8-6-12;/h3-5,9,18H,6-8,10H2,1-2H3,(H,19,20);1H. The molecule has 2 aromatic rings. The van der Waals surface area contributed by atoms with Crippen molar-refractivity contribution in [3.05, 3.63) is 40.3 Å². The molecule has 0 fully saturated rings. The van der Waals surface area contributed by atoms with E-state index >= 15 is 0 Å². The van der Waals surface area contributed by atoms with E-state index in [1.54, 1.807) is 7.11 Å². The minimum atomic E-state index is 0. The molecule has 1 aromatic carbocycles. The van der Waals surface area contributed by atoms with Gasteiger partial charge >= 0.3 is 0 Å². The number of rotatable bonds is 4. The molecular weight excluding hydrogens is 332 g/mol. The summed E-state index contributed by atoms with van der Waals surface area (Å²) >= 11 is 1.54. The number of ether oxygens (including phenoxy) is 1. The Morgan fingerprint density at radius 2 is 2.26 bits per heavy atom. The summed E-state index contributed by atoms with van der Waals surface area (Å²) in [7, 11) is 1.66. The average Bonchev–Trinajstić information content (AvgIpc) is 2.90. The second kappa shape index (κ2) is 7.81. The molecule has 124 valence electrons. The van der Waals surface area contributed by atoms with Gasteiger partial charge in [0.2, 0.25) is 0 Å². The molecule has 0 aliphatic carbocycles. The summed E-state index contributed by atoms with van der Waals surface area (Å²) in [6, 6.07) is 5.94. The van der Waals surface area contributed by atoms with Crippen molar-refractivity contribution in [2.75, 3.05) is 26.7 Å². The normalized spacial score (nSPS) is 14.1. The zero-order valence-corrected chi connectivity index (χ0v) is 14.9. The Labute approximate surface area is 146 Å².